The van der Waals surface area contributed by atoms with Crippen molar-refractivity contribution in [1.29, 1.82) is 0 Å². The molecule has 4 heterocycles. The van der Waals surface area contributed by atoms with E-state index in [0.717, 1.165) is 41.2 Å². The van der Waals surface area contributed by atoms with Gasteiger partial charge in [-0.3, -0.25) is 9.20 Å². The van der Waals surface area contributed by atoms with Gasteiger partial charge in [-0.25, -0.2) is 13.8 Å². The van der Waals surface area contributed by atoms with E-state index in [1.165, 1.54) is 17.4 Å². The standard InChI is InChI=1S/C29H33F2N5O2S.2ClH/c30-21-6-14-35(15-7-21)13-1-10-33-27(37)19-2-5-25-26(16-19)39-28-34-24(18-36(25)28)22-4-3-20(17-23(22)31)29(38)8-11-32-12-9-29;;/h2-5,16-18,21,32,38H,1,6-15H2,(H,33,37);2*1H. The summed E-state index contributed by atoms with van der Waals surface area (Å²) < 4.78 is 31.3. The first kappa shape index (κ1) is 31.6. The summed E-state index contributed by atoms with van der Waals surface area (Å²) in [6.45, 7) is 4.41. The molecule has 222 valence electrons. The number of halogens is 4. The molecule has 1 amide bonds. The predicted octanol–water partition coefficient (Wildman–Crippen LogP) is 5.32. The fraction of sp³-hybridized carbons (Fsp3) is 0.448. The molecule has 0 radical (unpaired) electrons. The number of aromatic nitrogens is 2. The number of alkyl halides is 1. The molecule has 0 atom stereocenters. The van der Waals surface area contributed by atoms with Gasteiger partial charge in [-0.05, 0) is 87.6 Å². The Morgan fingerprint density at radius 3 is 2.63 bits per heavy atom. The number of imidazole rings is 1. The molecular weight excluding hydrogens is 591 g/mol. The Hall–Kier alpha value is -2.34. The SMILES string of the molecule is Cl.Cl.O=C(NCCCN1CCC(F)CC1)c1ccc2c(c1)sc1nc(-c3ccc(C4(O)CCNCC4)cc3F)cn12. The monoisotopic (exact) mass is 625 g/mol. The summed E-state index contributed by atoms with van der Waals surface area (Å²) in [6.07, 6.45) is 4.28. The second-order valence-electron chi connectivity index (χ2n) is 10.7. The molecule has 2 aliphatic heterocycles. The number of aliphatic hydroxyl groups is 1. The van der Waals surface area contributed by atoms with Crippen molar-refractivity contribution in [3.05, 3.63) is 59.5 Å². The zero-order valence-corrected chi connectivity index (χ0v) is 25.0. The molecule has 7 nitrogen and oxygen atoms in total. The molecule has 4 aromatic rings. The van der Waals surface area contributed by atoms with Gasteiger partial charge in [0.15, 0.2) is 4.96 Å². The van der Waals surface area contributed by atoms with E-state index in [1.807, 2.05) is 22.7 Å². The number of carbonyl (C=O) groups is 1. The molecular formula is C29H35Cl2F2N5O2S. The zero-order chi connectivity index (χ0) is 27.0. The number of hydrogen-bond acceptors (Lipinski definition) is 6. The molecule has 3 N–H and O–H groups in total. The first-order valence-electron chi connectivity index (χ1n) is 13.7. The van der Waals surface area contributed by atoms with Gasteiger partial charge in [0.1, 0.15) is 12.0 Å². The average Bonchev–Trinajstić information content (AvgIpc) is 3.50. The molecule has 0 aliphatic carbocycles. The minimum absolute atomic E-state index is 0. The van der Waals surface area contributed by atoms with Crippen LogP contribution in [0.15, 0.2) is 42.6 Å². The Morgan fingerprint density at radius 2 is 1.90 bits per heavy atom. The molecule has 2 aromatic heterocycles. The van der Waals surface area contributed by atoms with Crippen molar-refractivity contribution in [2.75, 3.05) is 39.3 Å². The largest absolute Gasteiger partial charge is 0.385 e. The van der Waals surface area contributed by atoms with E-state index in [2.05, 4.69) is 20.5 Å². The predicted molar refractivity (Wildman–Crippen MR) is 164 cm³/mol. The Kier molecular flexibility index (Phi) is 10.3. The van der Waals surface area contributed by atoms with Gasteiger partial charge in [0.2, 0.25) is 0 Å². The normalized spacial score (nSPS) is 17.7. The number of amides is 1. The number of hydrogen-bond donors (Lipinski definition) is 3. The first-order chi connectivity index (χ1) is 18.9. The highest BCUT2D eigenvalue weighted by Gasteiger charge is 2.32. The Balaban J connectivity index is 0.00000194. The van der Waals surface area contributed by atoms with Crippen LogP contribution in [-0.4, -0.2) is 70.7 Å². The van der Waals surface area contributed by atoms with Crippen LogP contribution in [0.25, 0.3) is 26.4 Å². The van der Waals surface area contributed by atoms with Crippen molar-refractivity contribution < 1.29 is 18.7 Å². The van der Waals surface area contributed by atoms with E-state index in [1.54, 1.807) is 18.2 Å². The van der Waals surface area contributed by atoms with Crippen molar-refractivity contribution in [3.8, 4) is 11.3 Å². The molecule has 2 fully saturated rings. The van der Waals surface area contributed by atoms with Gasteiger partial charge in [0.25, 0.3) is 5.91 Å². The minimum atomic E-state index is -1.01. The number of benzene rings is 2. The maximum Gasteiger partial charge on any atom is 0.251 e. The number of likely N-dealkylation sites (tertiary alicyclic amines) is 1. The summed E-state index contributed by atoms with van der Waals surface area (Å²) in [4.78, 5) is 20.4. The number of thiazole rings is 1. The topological polar surface area (TPSA) is 81.9 Å². The van der Waals surface area contributed by atoms with Gasteiger partial charge in [0.05, 0.1) is 21.5 Å². The lowest BCUT2D eigenvalue weighted by Crippen LogP contribution is -2.39. The fourth-order valence-corrected chi connectivity index (χ4v) is 6.69. The van der Waals surface area contributed by atoms with E-state index in [9.17, 15) is 14.3 Å². The summed E-state index contributed by atoms with van der Waals surface area (Å²) in [5, 5.41) is 17.2. The smallest absolute Gasteiger partial charge is 0.251 e. The van der Waals surface area contributed by atoms with Crippen LogP contribution in [0.3, 0.4) is 0 Å². The molecule has 0 unspecified atom stereocenters. The first-order valence-corrected chi connectivity index (χ1v) is 14.5. The van der Waals surface area contributed by atoms with Crippen LogP contribution < -0.4 is 10.6 Å². The van der Waals surface area contributed by atoms with Crippen LogP contribution in [0.1, 0.15) is 48.0 Å². The third-order valence-corrected chi connectivity index (χ3v) is 9.04. The van der Waals surface area contributed by atoms with Gasteiger partial charge < -0.3 is 20.6 Å². The summed E-state index contributed by atoms with van der Waals surface area (Å²) in [6, 6.07) is 10.5. The molecule has 0 saturated carbocycles. The summed E-state index contributed by atoms with van der Waals surface area (Å²) in [7, 11) is 0. The highest BCUT2D eigenvalue weighted by atomic mass is 35.5. The van der Waals surface area contributed by atoms with Crippen LogP contribution in [0.2, 0.25) is 0 Å². The van der Waals surface area contributed by atoms with Crippen LogP contribution >= 0.6 is 36.2 Å². The van der Waals surface area contributed by atoms with Crippen LogP contribution in [-0.2, 0) is 5.60 Å². The number of rotatable bonds is 7. The van der Waals surface area contributed by atoms with Crippen molar-refractivity contribution >= 4 is 57.2 Å². The fourth-order valence-electron chi connectivity index (χ4n) is 5.65. The molecule has 2 aromatic carbocycles. The van der Waals surface area contributed by atoms with E-state index in [-0.39, 0.29) is 30.7 Å². The van der Waals surface area contributed by atoms with E-state index in [4.69, 9.17) is 0 Å². The number of piperidine rings is 2. The van der Waals surface area contributed by atoms with Crippen molar-refractivity contribution in [2.45, 2.75) is 43.9 Å². The van der Waals surface area contributed by atoms with Crippen LogP contribution in [0.4, 0.5) is 8.78 Å². The van der Waals surface area contributed by atoms with Gasteiger partial charge >= 0.3 is 0 Å². The Morgan fingerprint density at radius 1 is 1.15 bits per heavy atom. The number of nitrogens with one attached hydrogen (secondary N) is 2. The summed E-state index contributed by atoms with van der Waals surface area (Å²) in [5.41, 5.74) is 2.01. The lowest BCUT2D eigenvalue weighted by molar-refractivity contribution is 0.00569. The highest BCUT2D eigenvalue weighted by Crippen LogP contribution is 2.35. The molecule has 0 spiro atoms. The van der Waals surface area contributed by atoms with E-state index < -0.39 is 17.6 Å². The summed E-state index contributed by atoms with van der Waals surface area (Å²) in [5.74, 6) is -0.524. The third-order valence-electron chi connectivity index (χ3n) is 8.02. The Bertz CT molecular complexity index is 1500. The molecule has 41 heavy (non-hydrogen) atoms. The molecule has 0 bridgehead atoms. The van der Waals surface area contributed by atoms with Crippen molar-refractivity contribution in [2.24, 2.45) is 0 Å². The Labute approximate surface area is 254 Å². The minimum Gasteiger partial charge on any atom is -0.385 e. The lowest BCUT2D eigenvalue weighted by atomic mass is 9.84. The van der Waals surface area contributed by atoms with Gasteiger partial charge in [0, 0.05) is 37.0 Å². The van der Waals surface area contributed by atoms with Crippen LogP contribution in [0, 0.1) is 5.82 Å². The van der Waals surface area contributed by atoms with Gasteiger partial charge in [-0.15, -0.1) is 24.8 Å². The molecule has 12 heteroatoms. The maximum atomic E-state index is 15.2. The third kappa shape index (κ3) is 6.68. The second kappa shape index (κ2) is 13.3. The second-order valence-corrected chi connectivity index (χ2v) is 11.7. The molecule has 2 saturated heterocycles. The van der Waals surface area contributed by atoms with E-state index >= 15 is 4.39 Å². The molecule has 2 aliphatic rings. The number of fused-ring (bicyclic) bond motifs is 3. The maximum absolute atomic E-state index is 15.2. The number of nitrogens with zero attached hydrogens (tertiary/aromatic N) is 3. The highest BCUT2D eigenvalue weighted by molar-refractivity contribution is 7.23. The van der Waals surface area contributed by atoms with Crippen molar-refractivity contribution in [1.82, 2.24) is 24.9 Å². The molecule has 6 rings (SSSR count). The van der Waals surface area contributed by atoms with Gasteiger partial charge in [-0.1, -0.05) is 17.4 Å². The average molecular weight is 627 g/mol. The van der Waals surface area contributed by atoms with Crippen LogP contribution in [0.5, 0.6) is 0 Å². The van der Waals surface area contributed by atoms with Gasteiger partial charge in [-0.2, -0.15) is 0 Å². The summed E-state index contributed by atoms with van der Waals surface area (Å²) >= 11 is 1.45. The van der Waals surface area contributed by atoms with Crippen molar-refractivity contribution in [3.63, 3.8) is 0 Å². The zero-order valence-electron chi connectivity index (χ0n) is 22.6. The quantitative estimate of drug-likeness (QED) is 0.242. The lowest BCUT2D eigenvalue weighted by Gasteiger charge is -2.33. The number of carbonyl (C=O) groups excluding carboxylic acids is 1. The van der Waals surface area contributed by atoms with E-state index in [0.29, 0.717) is 67.7 Å².